The summed E-state index contributed by atoms with van der Waals surface area (Å²) in [6.07, 6.45) is 2.38. The average molecular weight is 192 g/mol. The van der Waals surface area contributed by atoms with Gasteiger partial charge in [0.1, 0.15) is 0 Å². The van der Waals surface area contributed by atoms with Crippen molar-refractivity contribution >= 4 is 0 Å². The van der Waals surface area contributed by atoms with Crippen LogP contribution in [-0.4, -0.2) is 7.05 Å². The minimum atomic E-state index is 0.479. The zero-order valence-electron chi connectivity index (χ0n) is 9.09. The molecule has 2 heteroatoms. The molecule has 0 aromatic heterocycles. The van der Waals surface area contributed by atoms with Gasteiger partial charge in [0.05, 0.1) is 0 Å². The van der Waals surface area contributed by atoms with Gasteiger partial charge in [-0.25, -0.2) is 0 Å². The van der Waals surface area contributed by atoms with Gasteiger partial charge in [-0.2, -0.15) is 0 Å². The first-order valence-electron chi connectivity index (χ1n) is 5.28. The van der Waals surface area contributed by atoms with Crippen molar-refractivity contribution in [2.75, 3.05) is 7.05 Å². The van der Waals surface area contributed by atoms with E-state index < -0.39 is 0 Å². The second-order valence-electron chi connectivity index (χ2n) is 3.58. The van der Waals surface area contributed by atoms with Crippen molar-refractivity contribution in [2.45, 2.75) is 32.4 Å². The maximum Gasteiger partial charge on any atom is 0.0317 e. The van der Waals surface area contributed by atoms with Crippen LogP contribution in [0, 0.1) is 0 Å². The fourth-order valence-electron chi connectivity index (χ4n) is 1.65. The summed E-state index contributed by atoms with van der Waals surface area (Å²) in [7, 11) is 2.01. The Morgan fingerprint density at radius 1 is 1.29 bits per heavy atom. The summed E-state index contributed by atoms with van der Waals surface area (Å²) >= 11 is 0. The fourth-order valence-corrected chi connectivity index (χ4v) is 1.65. The van der Waals surface area contributed by atoms with Gasteiger partial charge in [0.15, 0.2) is 0 Å². The molecule has 1 aromatic carbocycles. The van der Waals surface area contributed by atoms with Crippen LogP contribution in [0.2, 0.25) is 0 Å². The molecule has 1 unspecified atom stereocenters. The standard InChI is InChI=1S/C12H20N2/c1-3-4-12(14-2)11-7-5-10(9-13)6-8-11/h5-8,12,14H,3-4,9,13H2,1-2H3. The highest BCUT2D eigenvalue weighted by Crippen LogP contribution is 2.18. The largest absolute Gasteiger partial charge is 0.326 e. The number of nitrogens with one attached hydrogen (secondary N) is 1. The van der Waals surface area contributed by atoms with E-state index in [1.165, 1.54) is 24.0 Å². The summed E-state index contributed by atoms with van der Waals surface area (Å²) in [5.41, 5.74) is 8.10. The number of nitrogens with two attached hydrogens (primary N) is 1. The Kier molecular flexibility index (Phi) is 4.63. The van der Waals surface area contributed by atoms with E-state index in [0.717, 1.165) is 0 Å². The topological polar surface area (TPSA) is 38.0 Å². The van der Waals surface area contributed by atoms with Crippen molar-refractivity contribution in [2.24, 2.45) is 5.73 Å². The molecule has 0 spiro atoms. The van der Waals surface area contributed by atoms with Gasteiger partial charge in [0.25, 0.3) is 0 Å². The Labute approximate surface area is 86.5 Å². The van der Waals surface area contributed by atoms with Crippen molar-refractivity contribution in [3.63, 3.8) is 0 Å². The van der Waals surface area contributed by atoms with Gasteiger partial charge in [-0.3, -0.25) is 0 Å². The van der Waals surface area contributed by atoms with Crippen LogP contribution >= 0.6 is 0 Å². The zero-order valence-corrected chi connectivity index (χ0v) is 9.09. The van der Waals surface area contributed by atoms with Gasteiger partial charge in [-0.15, -0.1) is 0 Å². The van der Waals surface area contributed by atoms with E-state index in [1.54, 1.807) is 0 Å². The fraction of sp³-hybridized carbons (Fsp3) is 0.500. The van der Waals surface area contributed by atoms with Crippen LogP contribution < -0.4 is 11.1 Å². The van der Waals surface area contributed by atoms with Gasteiger partial charge in [-0.05, 0) is 24.6 Å². The molecule has 0 aliphatic carbocycles. The minimum Gasteiger partial charge on any atom is -0.326 e. The van der Waals surface area contributed by atoms with Crippen LogP contribution in [0.15, 0.2) is 24.3 Å². The van der Waals surface area contributed by atoms with Crippen molar-refractivity contribution in [3.05, 3.63) is 35.4 Å². The molecular formula is C12H20N2. The Hall–Kier alpha value is -0.860. The lowest BCUT2D eigenvalue weighted by molar-refractivity contribution is 0.541. The van der Waals surface area contributed by atoms with Gasteiger partial charge >= 0.3 is 0 Å². The normalized spacial score (nSPS) is 12.8. The number of hydrogen-bond acceptors (Lipinski definition) is 2. The Balaban J connectivity index is 2.73. The molecule has 0 bridgehead atoms. The quantitative estimate of drug-likeness (QED) is 0.750. The maximum atomic E-state index is 5.55. The number of benzene rings is 1. The molecule has 0 saturated heterocycles. The molecule has 0 amide bonds. The summed E-state index contributed by atoms with van der Waals surface area (Å²) < 4.78 is 0. The lowest BCUT2D eigenvalue weighted by Gasteiger charge is -2.15. The summed E-state index contributed by atoms with van der Waals surface area (Å²) in [5.74, 6) is 0. The molecule has 0 radical (unpaired) electrons. The van der Waals surface area contributed by atoms with Crippen LogP contribution in [0.1, 0.15) is 36.9 Å². The lowest BCUT2D eigenvalue weighted by Crippen LogP contribution is -2.15. The average Bonchev–Trinajstić information content (AvgIpc) is 2.26. The van der Waals surface area contributed by atoms with E-state index >= 15 is 0 Å². The predicted molar refractivity (Wildman–Crippen MR) is 61.0 cm³/mol. The van der Waals surface area contributed by atoms with Crippen LogP contribution in [0.25, 0.3) is 0 Å². The molecule has 1 rings (SSSR count). The van der Waals surface area contributed by atoms with Crippen LogP contribution in [0.4, 0.5) is 0 Å². The Morgan fingerprint density at radius 2 is 1.93 bits per heavy atom. The molecule has 0 heterocycles. The number of hydrogen-bond donors (Lipinski definition) is 2. The van der Waals surface area contributed by atoms with E-state index in [-0.39, 0.29) is 0 Å². The van der Waals surface area contributed by atoms with Crippen LogP contribution in [0.5, 0.6) is 0 Å². The van der Waals surface area contributed by atoms with E-state index in [2.05, 4.69) is 36.5 Å². The van der Waals surface area contributed by atoms with E-state index in [9.17, 15) is 0 Å². The molecule has 1 aromatic rings. The second-order valence-corrected chi connectivity index (χ2v) is 3.58. The maximum absolute atomic E-state index is 5.55. The number of rotatable bonds is 5. The van der Waals surface area contributed by atoms with Gasteiger partial charge < -0.3 is 11.1 Å². The summed E-state index contributed by atoms with van der Waals surface area (Å²) in [4.78, 5) is 0. The second kappa shape index (κ2) is 5.78. The third-order valence-electron chi connectivity index (χ3n) is 2.54. The first kappa shape index (κ1) is 11.2. The molecule has 0 saturated carbocycles. The van der Waals surface area contributed by atoms with E-state index in [4.69, 9.17) is 5.73 Å². The molecule has 78 valence electrons. The third kappa shape index (κ3) is 2.82. The van der Waals surface area contributed by atoms with Gasteiger partial charge in [0, 0.05) is 12.6 Å². The highest BCUT2D eigenvalue weighted by molar-refractivity contribution is 5.24. The van der Waals surface area contributed by atoms with Crippen LogP contribution in [0.3, 0.4) is 0 Å². The summed E-state index contributed by atoms with van der Waals surface area (Å²) in [5, 5.41) is 3.33. The molecule has 0 fully saturated rings. The molecule has 0 aliphatic heterocycles. The Bertz CT molecular complexity index is 254. The third-order valence-corrected chi connectivity index (χ3v) is 2.54. The van der Waals surface area contributed by atoms with Crippen molar-refractivity contribution in [1.82, 2.24) is 5.32 Å². The van der Waals surface area contributed by atoms with Gasteiger partial charge in [0.2, 0.25) is 0 Å². The van der Waals surface area contributed by atoms with E-state index in [1.807, 2.05) is 7.05 Å². The molecule has 0 aliphatic rings. The Morgan fingerprint density at radius 3 is 2.36 bits per heavy atom. The monoisotopic (exact) mass is 192 g/mol. The van der Waals surface area contributed by atoms with Crippen LogP contribution in [-0.2, 0) is 6.54 Å². The predicted octanol–water partition coefficient (Wildman–Crippen LogP) is 2.21. The van der Waals surface area contributed by atoms with E-state index in [0.29, 0.717) is 12.6 Å². The lowest BCUT2D eigenvalue weighted by atomic mass is 10.0. The summed E-state index contributed by atoms with van der Waals surface area (Å²) in [6.45, 7) is 2.83. The minimum absolute atomic E-state index is 0.479. The molecular weight excluding hydrogens is 172 g/mol. The first-order chi connectivity index (χ1) is 6.81. The zero-order chi connectivity index (χ0) is 10.4. The molecule has 2 nitrogen and oxygen atoms in total. The molecule has 3 N–H and O–H groups in total. The van der Waals surface area contributed by atoms with Crippen molar-refractivity contribution in [1.29, 1.82) is 0 Å². The first-order valence-corrected chi connectivity index (χ1v) is 5.28. The summed E-state index contributed by atoms with van der Waals surface area (Å²) in [6, 6.07) is 9.02. The molecule has 14 heavy (non-hydrogen) atoms. The van der Waals surface area contributed by atoms with Gasteiger partial charge in [-0.1, -0.05) is 37.6 Å². The highest BCUT2D eigenvalue weighted by atomic mass is 14.9. The van der Waals surface area contributed by atoms with Crippen molar-refractivity contribution in [3.8, 4) is 0 Å². The molecule has 1 atom stereocenters. The smallest absolute Gasteiger partial charge is 0.0317 e. The highest BCUT2D eigenvalue weighted by Gasteiger charge is 2.06. The SMILES string of the molecule is CCCC(NC)c1ccc(CN)cc1. The van der Waals surface area contributed by atoms with Crippen molar-refractivity contribution < 1.29 is 0 Å².